The van der Waals surface area contributed by atoms with E-state index in [4.69, 9.17) is 16.3 Å². The van der Waals surface area contributed by atoms with Gasteiger partial charge in [0.25, 0.3) is 0 Å². The second kappa shape index (κ2) is 6.27. The Balaban J connectivity index is 2.33. The average molecular weight is 475 g/mol. The van der Waals surface area contributed by atoms with Crippen LogP contribution in [0.1, 0.15) is 15.8 Å². The molecule has 0 spiro atoms. The maximum absolute atomic E-state index is 6.49. The molecule has 1 nitrogen and oxygen atoms in total. The fourth-order valence-corrected chi connectivity index (χ4v) is 4.48. The molecule has 0 saturated carbocycles. The van der Waals surface area contributed by atoms with Crippen molar-refractivity contribution in [3.8, 4) is 5.75 Å². The third-order valence-electron chi connectivity index (χ3n) is 2.38. The van der Waals surface area contributed by atoms with Gasteiger partial charge >= 0.3 is 0 Å². The molecule has 1 heterocycles. The summed E-state index contributed by atoms with van der Waals surface area (Å²) in [5.74, 6) is 0.802. The van der Waals surface area contributed by atoms with Gasteiger partial charge in [0, 0.05) is 9.35 Å². The Bertz CT molecular complexity index is 551. The lowest BCUT2D eigenvalue weighted by atomic mass is 10.1. The molecule has 96 valence electrons. The predicted molar refractivity (Wildman–Crippen MR) is 88.1 cm³/mol. The summed E-state index contributed by atoms with van der Waals surface area (Å²) in [5.41, 5.74) is 1.03. The van der Waals surface area contributed by atoms with Gasteiger partial charge in [-0.1, -0.05) is 6.07 Å². The molecule has 0 fully saturated rings. The fraction of sp³-hybridized carbons (Fsp3) is 0.167. The van der Waals surface area contributed by atoms with E-state index >= 15 is 0 Å². The summed E-state index contributed by atoms with van der Waals surface area (Å²) in [7, 11) is 1.64. The van der Waals surface area contributed by atoms with Crippen molar-refractivity contribution in [1.29, 1.82) is 0 Å². The zero-order valence-corrected chi connectivity index (χ0v) is 15.5. The molecule has 0 aliphatic rings. The molecule has 0 amide bonds. The first-order chi connectivity index (χ1) is 8.52. The van der Waals surface area contributed by atoms with Crippen LogP contribution in [-0.2, 0) is 0 Å². The van der Waals surface area contributed by atoms with E-state index in [9.17, 15) is 0 Å². The van der Waals surface area contributed by atoms with Gasteiger partial charge in [-0.3, -0.25) is 0 Å². The van der Waals surface area contributed by atoms with Crippen LogP contribution in [0.5, 0.6) is 5.75 Å². The quantitative estimate of drug-likeness (QED) is 0.469. The van der Waals surface area contributed by atoms with E-state index in [0.717, 1.165) is 28.9 Å². The lowest BCUT2D eigenvalue weighted by Gasteiger charge is -2.10. The van der Waals surface area contributed by atoms with Crippen LogP contribution in [0.25, 0.3) is 0 Å². The van der Waals surface area contributed by atoms with E-state index in [1.165, 1.54) is 0 Å². The van der Waals surface area contributed by atoms with Crippen molar-refractivity contribution in [2.24, 2.45) is 0 Å². The summed E-state index contributed by atoms with van der Waals surface area (Å²) >= 11 is 18.5. The minimum absolute atomic E-state index is 0.167. The number of alkyl halides is 1. The Morgan fingerprint density at radius 1 is 1.17 bits per heavy atom. The SMILES string of the molecule is COc1ccc(C(Cl)c2cc(Br)c(Br)s2)cc1Br. The second-order valence-corrected chi connectivity index (χ2v) is 8.07. The van der Waals surface area contributed by atoms with Crippen molar-refractivity contribution in [2.45, 2.75) is 5.38 Å². The first kappa shape index (κ1) is 14.9. The van der Waals surface area contributed by atoms with Crippen molar-refractivity contribution in [3.05, 3.63) is 47.4 Å². The molecular formula is C12H8Br3ClOS. The highest BCUT2D eigenvalue weighted by molar-refractivity contribution is 9.13. The van der Waals surface area contributed by atoms with Crippen molar-refractivity contribution in [3.63, 3.8) is 0 Å². The minimum atomic E-state index is -0.167. The number of ether oxygens (including phenoxy) is 1. The van der Waals surface area contributed by atoms with E-state index in [2.05, 4.69) is 47.8 Å². The molecule has 2 rings (SSSR count). The molecule has 0 aliphatic heterocycles. The average Bonchev–Trinajstić information content (AvgIpc) is 2.68. The smallest absolute Gasteiger partial charge is 0.133 e. The van der Waals surface area contributed by atoms with E-state index in [1.807, 2.05) is 24.3 Å². The molecular weight excluding hydrogens is 467 g/mol. The lowest BCUT2D eigenvalue weighted by molar-refractivity contribution is 0.412. The van der Waals surface area contributed by atoms with Crippen LogP contribution in [0, 0.1) is 0 Å². The first-order valence-corrected chi connectivity index (χ1v) is 8.58. The molecule has 1 atom stereocenters. The Morgan fingerprint density at radius 2 is 1.89 bits per heavy atom. The molecule has 1 aromatic heterocycles. The molecule has 0 saturated heterocycles. The van der Waals surface area contributed by atoms with Gasteiger partial charge in [-0.25, -0.2) is 0 Å². The molecule has 18 heavy (non-hydrogen) atoms. The molecule has 6 heteroatoms. The highest BCUT2D eigenvalue weighted by atomic mass is 79.9. The molecule has 1 aromatic carbocycles. The van der Waals surface area contributed by atoms with Gasteiger partial charge in [-0.05, 0) is 71.6 Å². The van der Waals surface area contributed by atoms with E-state index < -0.39 is 0 Å². The number of hydrogen-bond donors (Lipinski definition) is 0. The third-order valence-corrected chi connectivity index (χ3v) is 6.94. The number of hydrogen-bond acceptors (Lipinski definition) is 2. The highest BCUT2D eigenvalue weighted by Gasteiger charge is 2.16. The Labute approximate surface area is 140 Å². The molecule has 0 aliphatic carbocycles. The van der Waals surface area contributed by atoms with Crippen LogP contribution in [-0.4, -0.2) is 7.11 Å². The Kier molecular flexibility index (Phi) is 5.17. The molecule has 1 unspecified atom stereocenters. The number of benzene rings is 1. The summed E-state index contributed by atoms with van der Waals surface area (Å²) < 4.78 is 8.19. The second-order valence-electron chi connectivity index (χ2n) is 3.53. The lowest BCUT2D eigenvalue weighted by Crippen LogP contribution is -1.92. The van der Waals surface area contributed by atoms with Crippen LogP contribution < -0.4 is 4.74 Å². The van der Waals surface area contributed by atoms with Gasteiger partial charge in [0.05, 0.1) is 20.7 Å². The van der Waals surface area contributed by atoms with E-state index in [1.54, 1.807) is 18.4 Å². The predicted octanol–water partition coefficient (Wildman–Crippen LogP) is 6.37. The van der Waals surface area contributed by atoms with Crippen LogP contribution in [0.4, 0.5) is 0 Å². The molecule has 0 N–H and O–H groups in total. The monoisotopic (exact) mass is 472 g/mol. The van der Waals surface area contributed by atoms with Gasteiger partial charge in [0.1, 0.15) is 5.75 Å². The van der Waals surface area contributed by atoms with Gasteiger partial charge in [0.2, 0.25) is 0 Å². The van der Waals surface area contributed by atoms with Gasteiger partial charge in [-0.2, -0.15) is 0 Å². The molecule has 0 radical (unpaired) electrons. The van der Waals surface area contributed by atoms with Crippen LogP contribution in [0.3, 0.4) is 0 Å². The Hall–Kier alpha value is 0.450. The van der Waals surface area contributed by atoms with E-state index in [-0.39, 0.29) is 5.38 Å². The van der Waals surface area contributed by atoms with Crippen LogP contribution in [0.15, 0.2) is 37.0 Å². The summed E-state index contributed by atoms with van der Waals surface area (Å²) in [6.07, 6.45) is 0. The maximum atomic E-state index is 6.49. The largest absolute Gasteiger partial charge is 0.496 e. The molecule has 0 bridgehead atoms. The highest BCUT2D eigenvalue weighted by Crippen LogP contribution is 2.41. The zero-order valence-electron chi connectivity index (χ0n) is 9.22. The Morgan fingerprint density at radius 3 is 2.39 bits per heavy atom. The van der Waals surface area contributed by atoms with Crippen molar-refractivity contribution in [1.82, 2.24) is 0 Å². The summed E-state index contributed by atoms with van der Waals surface area (Å²) in [5, 5.41) is -0.167. The number of rotatable bonds is 3. The number of methoxy groups -OCH3 is 1. The van der Waals surface area contributed by atoms with Crippen molar-refractivity contribution >= 4 is 70.7 Å². The third kappa shape index (κ3) is 3.12. The number of halogens is 4. The summed E-state index contributed by atoms with van der Waals surface area (Å²) in [6.45, 7) is 0. The van der Waals surface area contributed by atoms with Gasteiger partial charge in [0.15, 0.2) is 0 Å². The zero-order chi connectivity index (χ0) is 13.3. The number of thiophene rings is 1. The topological polar surface area (TPSA) is 9.23 Å². The maximum Gasteiger partial charge on any atom is 0.133 e. The minimum Gasteiger partial charge on any atom is -0.496 e. The van der Waals surface area contributed by atoms with Crippen molar-refractivity contribution < 1.29 is 4.74 Å². The normalized spacial score (nSPS) is 12.5. The van der Waals surface area contributed by atoms with E-state index in [0.29, 0.717) is 0 Å². The van der Waals surface area contributed by atoms with Crippen molar-refractivity contribution in [2.75, 3.05) is 7.11 Å². The van der Waals surface area contributed by atoms with Crippen LogP contribution in [0.2, 0.25) is 0 Å². The summed E-state index contributed by atoms with van der Waals surface area (Å²) in [4.78, 5) is 1.09. The molecule has 2 aromatic rings. The van der Waals surface area contributed by atoms with Gasteiger partial charge < -0.3 is 4.74 Å². The first-order valence-electron chi connectivity index (χ1n) is 4.95. The fourth-order valence-electron chi connectivity index (χ4n) is 1.49. The van der Waals surface area contributed by atoms with Gasteiger partial charge in [-0.15, -0.1) is 22.9 Å². The standard InChI is InChI=1S/C12H8Br3ClOS/c1-17-9-3-2-6(4-7(9)13)11(16)10-5-8(14)12(15)18-10/h2-5,11H,1H3. The van der Waals surface area contributed by atoms with Crippen LogP contribution >= 0.6 is 70.7 Å². The summed E-state index contributed by atoms with van der Waals surface area (Å²) in [6, 6.07) is 7.90.